The molecule has 0 atom stereocenters. The molecule has 0 aliphatic rings. The zero-order valence-corrected chi connectivity index (χ0v) is 11.7. The minimum atomic E-state index is -4.78. The third kappa shape index (κ3) is 3.42. The summed E-state index contributed by atoms with van der Waals surface area (Å²) in [6.07, 6.45) is -4.78. The van der Waals surface area contributed by atoms with E-state index in [1.165, 1.54) is 13.0 Å². The number of nitrogens with zero attached hydrogens (tertiary/aromatic N) is 2. The first kappa shape index (κ1) is 15.5. The van der Waals surface area contributed by atoms with Crippen LogP contribution in [-0.2, 0) is 22.7 Å². The lowest BCUT2D eigenvalue weighted by Crippen LogP contribution is -2.24. The van der Waals surface area contributed by atoms with E-state index in [9.17, 15) is 21.6 Å². The van der Waals surface area contributed by atoms with E-state index in [4.69, 9.17) is 4.42 Å². The fourth-order valence-corrected chi connectivity index (χ4v) is 2.77. The van der Waals surface area contributed by atoms with Crippen LogP contribution in [0.5, 0.6) is 0 Å². The number of aryl methyl sites for hydroxylation is 2. The van der Waals surface area contributed by atoms with Gasteiger partial charge in [-0.15, -0.1) is 0 Å². The number of alkyl halides is 3. The van der Waals surface area contributed by atoms with Crippen molar-refractivity contribution in [1.82, 2.24) is 14.9 Å². The molecule has 0 aliphatic carbocycles. The van der Waals surface area contributed by atoms with Crippen LogP contribution in [0, 0.1) is 13.8 Å². The zero-order valence-electron chi connectivity index (χ0n) is 10.9. The molecular weight excluding hydrogens is 315 g/mol. The van der Waals surface area contributed by atoms with Crippen LogP contribution in [0.3, 0.4) is 0 Å². The predicted octanol–water partition coefficient (Wildman–Crippen LogP) is 1.78. The van der Waals surface area contributed by atoms with Gasteiger partial charge in [0.15, 0.2) is 5.82 Å². The van der Waals surface area contributed by atoms with Gasteiger partial charge in [-0.2, -0.15) is 18.2 Å². The summed E-state index contributed by atoms with van der Waals surface area (Å²) in [7, 11) is -3.94. The van der Waals surface area contributed by atoms with E-state index in [2.05, 4.69) is 19.4 Å². The van der Waals surface area contributed by atoms with Crippen LogP contribution < -0.4 is 4.72 Å². The summed E-state index contributed by atoms with van der Waals surface area (Å²) in [6, 6.07) is 1.30. The molecular formula is C10H10F3N3O4S. The fraction of sp³-hybridized carbons (Fsp3) is 0.400. The summed E-state index contributed by atoms with van der Waals surface area (Å²) in [6.45, 7) is 2.49. The number of rotatable bonds is 4. The molecule has 0 saturated carbocycles. The van der Waals surface area contributed by atoms with Gasteiger partial charge in [-0.05, 0) is 19.9 Å². The second-order valence-corrected chi connectivity index (χ2v) is 5.85. The van der Waals surface area contributed by atoms with Crippen LogP contribution in [0.25, 0.3) is 0 Å². The molecule has 0 aliphatic heterocycles. The van der Waals surface area contributed by atoms with E-state index in [-0.39, 0.29) is 10.7 Å². The third-order valence-corrected chi connectivity index (χ3v) is 3.92. The van der Waals surface area contributed by atoms with Gasteiger partial charge < -0.3 is 8.94 Å². The summed E-state index contributed by atoms with van der Waals surface area (Å²) < 4.78 is 71.8. The Morgan fingerprint density at radius 2 is 2.00 bits per heavy atom. The normalized spacial score (nSPS) is 12.8. The maximum atomic E-state index is 12.2. The molecule has 0 fully saturated rings. The van der Waals surface area contributed by atoms with Crippen molar-refractivity contribution < 1.29 is 30.5 Å². The van der Waals surface area contributed by atoms with Gasteiger partial charge in [-0.3, -0.25) is 0 Å². The highest BCUT2D eigenvalue weighted by molar-refractivity contribution is 7.89. The Hall–Kier alpha value is -1.88. The standard InChI is InChI=1S/C10H10F3N3O4S/c1-5-3-7(6(2)19-5)21(17,18)14-4-8-15-9(20-16-8)10(11,12)13/h3,14H,4H2,1-2H3. The SMILES string of the molecule is Cc1cc(S(=O)(=O)NCc2noc(C(F)(F)F)n2)c(C)o1. The summed E-state index contributed by atoms with van der Waals surface area (Å²) in [4.78, 5) is 2.96. The Morgan fingerprint density at radius 1 is 1.33 bits per heavy atom. The summed E-state index contributed by atoms with van der Waals surface area (Å²) in [5.41, 5.74) is 0. The van der Waals surface area contributed by atoms with Crippen molar-refractivity contribution in [2.24, 2.45) is 0 Å². The lowest BCUT2D eigenvalue weighted by molar-refractivity contribution is -0.159. The van der Waals surface area contributed by atoms with Gasteiger partial charge in [-0.1, -0.05) is 5.16 Å². The molecule has 2 heterocycles. The average molecular weight is 325 g/mol. The highest BCUT2D eigenvalue weighted by Gasteiger charge is 2.38. The molecule has 2 aromatic heterocycles. The summed E-state index contributed by atoms with van der Waals surface area (Å²) in [5.74, 6) is -1.40. The predicted molar refractivity (Wildman–Crippen MR) is 61.5 cm³/mol. The molecule has 0 spiro atoms. The molecule has 7 nitrogen and oxygen atoms in total. The maximum absolute atomic E-state index is 12.2. The molecule has 21 heavy (non-hydrogen) atoms. The van der Waals surface area contributed by atoms with Crippen LogP contribution in [-0.4, -0.2) is 18.6 Å². The largest absolute Gasteiger partial charge is 0.471 e. The monoisotopic (exact) mass is 325 g/mol. The topological polar surface area (TPSA) is 98.2 Å². The van der Waals surface area contributed by atoms with Gasteiger partial charge in [0.1, 0.15) is 16.4 Å². The lowest BCUT2D eigenvalue weighted by Gasteiger charge is -2.02. The molecule has 0 saturated heterocycles. The highest BCUT2D eigenvalue weighted by Crippen LogP contribution is 2.27. The first-order chi connectivity index (χ1) is 9.59. The van der Waals surface area contributed by atoms with E-state index in [1.807, 2.05) is 0 Å². The Labute approximate surface area is 117 Å². The Bertz CT molecular complexity index is 748. The van der Waals surface area contributed by atoms with E-state index >= 15 is 0 Å². The van der Waals surface area contributed by atoms with E-state index in [0.717, 1.165) is 0 Å². The number of nitrogens with one attached hydrogen (secondary N) is 1. The number of halogens is 3. The number of hydrogen-bond donors (Lipinski definition) is 1. The van der Waals surface area contributed by atoms with Crippen molar-refractivity contribution >= 4 is 10.0 Å². The van der Waals surface area contributed by atoms with Crippen molar-refractivity contribution in [3.05, 3.63) is 29.3 Å². The quantitative estimate of drug-likeness (QED) is 0.920. The maximum Gasteiger partial charge on any atom is 0.471 e. The molecule has 2 rings (SSSR count). The first-order valence-corrected chi connectivity index (χ1v) is 7.04. The van der Waals surface area contributed by atoms with Crippen molar-refractivity contribution in [1.29, 1.82) is 0 Å². The Kier molecular flexibility index (Phi) is 3.80. The second-order valence-electron chi connectivity index (χ2n) is 4.12. The summed E-state index contributed by atoms with van der Waals surface area (Å²) >= 11 is 0. The van der Waals surface area contributed by atoms with Gasteiger partial charge in [0.05, 0.1) is 6.54 Å². The van der Waals surface area contributed by atoms with Gasteiger partial charge >= 0.3 is 12.1 Å². The van der Waals surface area contributed by atoms with Crippen LogP contribution in [0.4, 0.5) is 13.2 Å². The minimum Gasteiger partial charge on any atom is -0.465 e. The van der Waals surface area contributed by atoms with E-state index in [0.29, 0.717) is 5.76 Å². The van der Waals surface area contributed by atoms with Crippen molar-refractivity contribution in [2.45, 2.75) is 31.5 Å². The third-order valence-electron chi connectivity index (χ3n) is 2.42. The Morgan fingerprint density at radius 3 is 2.48 bits per heavy atom. The van der Waals surface area contributed by atoms with Crippen LogP contribution in [0.2, 0.25) is 0 Å². The molecule has 0 amide bonds. The van der Waals surface area contributed by atoms with Gasteiger partial charge in [0, 0.05) is 0 Å². The van der Waals surface area contributed by atoms with Crippen LogP contribution >= 0.6 is 0 Å². The Balaban J connectivity index is 2.12. The molecule has 116 valence electrons. The smallest absolute Gasteiger partial charge is 0.465 e. The van der Waals surface area contributed by atoms with Gasteiger partial charge in [0.25, 0.3) is 0 Å². The van der Waals surface area contributed by atoms with E-state index < -0.39 is 34.5 Å². The minimum absolute atomic E-state index is 0.0976. The van der Waals surface area contributed by atoms with Gasteiger partial charge in [0.2, 0.25) is 10.0 Å². The molecule has 11 heteroatoms. The number of furan rings is 1. The first-order valence-electron chi connectivity index (χ1n) is 5.56. The number of aromatic nitrogens is 2. The average Bonchev–Trinajstić information content (AvgIpc) is 2.93. The lowest BCUT2D eigenvalue weighted by atomic mass is 10.4. The van der Waals surface area contributed by atoms with Crippen molar-refractivity contribution in [3.8, 4) is 0 Å². The second kappa shape index (κ2) is 5.15. The number of sulfonamides is 1. The molecule has 1 N–H and O–H groups in total. The number of hydrogen-bond acceptors (Lipinski definition) is 6. The van der Waals surface area contributed by atoms with Gasteiger partial charge in [-0.25, -0.2) is 13.1 Å². The van der Waals surface area contributed by atoms with Crippen LogP contribution in [0.15, 0.2) is 19.9 Å². The molecule has 2 aromatic rings. The fourth-order valence-electron chi connectivity index (χ4n) is 1.55. The summed E-state index contributed by atoms with van der Waals surface area (Å²) in [5, 5.41) is 3.05. The zero-order chi connectivity index (χ0) is 15.8. The van der Waals surface area contributed by atoms with Crippen LogP contribution in [0.1, 0.15) is 23.2 Å². The molecule has 0 unspecified atom stereocenters. The molecule has 0 aromatic carbocycles. The highest BCUT2D eigenvalue weighted by atomic mass is 32.2. The van der Waals surface area contributed by atoms with Crippen molar-refractivity contribution in [3.63, 3.8) is 0 Å². The van der Waals surface area contributed by atoms with E-state index in [1.54, 1.807) is 6.92 Å². The molecule has 0 radical (unpaired) electrons. The molecule has 0 bridgehead atoms. The van der Waals surface area contributed by atoms with Crippen molar-refractivity contribution in [2.75, 3.05) is 0 Å².